The summed E-state index contributed by atoms with van der Waals surface area (Å²) in [7, 11) is 1.84. The molecule has 2 aromatic heterocycles. The fraction of sp³-hybridized carbons (Fsp3) is 0.682. The van der Waals surface area contributed by atoms with Gasteiger partial charge in [0.15, 0.2) is 0 Å². The molecule has 0 aliphatic carbocycles. The van der Waals surface area contributed by atoms with Gasteiger partial charge < -0.3 is 9.84 Å². The highest BCUT2D eigenvalue weighted by molar-refractivity contribution is 6.30. The van der Waals surface area contributed by atoms with Gasteiger partial charge in [0.2, 0.25) is 5.91 Å². The van der Waals surface area contributed by atoms with Crippen molar-refractivity contribution in [3.63, 3.8) is 0 Å². The van der Waals surface area contributed by atoms with Crippen LogP contribution < -0.4 is 5.32 Å². The first-order valence-corrected chi connectivity index (χ1v) is 11.8. The summed E-state index contributed by atoms with van der Waals surface area (Å²) in [4.78, 5) is 17.3. The lowest BCUT2D eigenvalue weighted by atomic mass is 10.1. The highest BCUT2D eigenvalue weighted by Crippen LogP contribution is 2.30. The zero-order valence-electron chi connectivity index (χ0n) is 18.6. The Balaban J connectivity index is 1.41. The number of carbonyl (C=O) groups is 1. The van der Waals surface area contributed by atoms with Gasteiger partial charge in [-0.15, -0.1) is 0 Å². The molecule has 1 N–H and O–H groups in total. The topological polar surface area (TPSA) is 79.4 Å². The second kappa shape index (κ2) is 10.1. The quantitative estimate of drug-likeness (QED) is 0.731. The normalized spacial score (nSPS) is 21.2. The van der Waals surface area contributed by atoms with Gasteiger partial charge in [-0.3, -0.25) is 19.3 Å². The minimum absolute atomic E-state index is 0.145. The lowest BCUT2D eigenvalue weighted by Gasteiger charge is -2.28. The van der Waals surface area contributed by atoms with Gasteiger partial charge >= 0.3 is 0 Å². The molecule has 170 valence electrons. The number of halogens is 1. The van der Waals surface area contributed by atoms with Crippen LogP contribution in [0.3, 0.4) is 0 Å². The maximum Gasteiger partial charge on any atom is 0.234 e. The van der Waals surface area contributed by atoms with E-state index in [2.05, 4.69) is 25.4 Å². The number of hydrogen-bond acceptors (Lipinski definition) is 6. The van der Waals surface area contributed by atoms with E-state index in [1.165, 1.54) is 19.3 Å². The van der Waals surface area contributed by atoms with Crippen molar-refractivity contribution in [1.29, 1.82) is 0 Å². The van der Waals surface area contributed by atoms with Crippen LogP contribution in [0, 0.1) is 6.92 Å². The Morgan fingerprint density at radius 1 is 1.19 bits per heavy atom. The van der Waals surface area contributed by atoms with Crippen LogP contribution in [0.15, 0.2) is 10.6 Å². The molecule has 31 heavy (non-hydrogen) atoms. The van der Waals surface area contributed by atoms with E-state index in [1.807, 2.05) is 20.0 Å². The van der Waals surface area contributed by atoms with Gasteiger partial charge in [-0.1, -0.05) is 29.6 Å². The number of nitrogens with one attached hydrogen (secondary N) is 1. The Kier molecular flexibility index (Phi) is 7.30. The zero-order chi connectivity index (χ0) is 21.8. The molecule has 0 aromatic carbocycles. The number of piperidine rings is 1. The number of nitrogens with zero attached hydrogens (tertiary/aromatic N) is 5. The van der Waals surface area contributed by atoms with Crippen LogP contribution in [0.4, 0.5) is 0 Å². The van der Waals surface area contributed by atoms with E-state index in [-0.39, 0.29) is 11.9 Å². The van der Waals surface area contributed by atoms with Crippen molar-refractivity contribution in [2.45, 2.75) is 58.0 Å². The van der Waals surface area contributed by atoms with E-state index in [0.29, 0.717) is 23.9 Å². The summed E-state index contributed by atoms with van der Waals surface area (Å²) < 4.78 is 6.94. The molecule has 0 spiro atoms. The van der Waals surface area contributed by atoms with Gasteiger partial charge in [-0.05, 0) is 52.2 Å². The Morgan fingerprint density at radius 3 is 2.68 bits per heavy atom. The molecule has 2 aromatic rings. The Hall–Kier alpha value is -1.90. The first kappa shape index (κ1) is 22.3. The minimum Gasteiger partial charge on any atom is -0.361 e. The summed E-state index contributed by atoms with van der Waals surface area (Å²) >= 11 is 6.60. The standard InChI is InChI=1S/C22H33ClN6O2/c1-16-12-19(26-31-16)21-18(22(23)27(2)25-21)14-29-11-7-4-8-17(13-29)24-20(30)15-28-9-5-3-6-10-28/h12,17H,3-11,13-15H2,1-2H3,(H,24,30). The minimum atomic E-state index is 0.145. The maximum absolute atomic E-state index is 12.6. The van der Waals surface area contributed by atoms with Crippen molar-refractivity contribution in [2.24, 2.45) is 7.05 Å². The molecular formula is C22H33ClN6O2. The van der Waals surface area contributed by atoms with E-state index < -0.39 is 0 Å². The molecular weight excluding hydrogens is 416 g/mol. The van der Waals surface area contributed by atoms with Crippen molar-refractivity contribution in [2.75, 3.05) is 32.7 Å². The summed E-state index contributed by atoms with van der Waals surface area (Å²) in [6, 6.07) is 2.04. The molecule has 2 aliphatic heterocycles. The number of likely N-dealkylation sites (tertiary alicyclic amines) is 2. The fourth-order valence-electron chi connectivity index (χ4n) is 4.67. The SMILES string of the molecule is Cc1cc(-c2nn(C)c(Cl)c2CN2CCCCC(NC(=O)CN3CCCCC3)C2)no1. The smallest absolute Gasteiger partial charge is 0.234 e. The summed E-state index contributed by atoms with van der Waals surface area (Å²) in [6.07, 6.45) is 6.91. The molecule has 8 nitrogen and oxygen atoms in total. The van der Waals surface area contributed by atoms with Gasteiger partial charge in [0, 0.05) is 37.8 Å². The molecule has 4 rings (SSSR count). The van der Waals surface area contributed by atoms with Crippen LogP contribution >= 0.6 is 11.6 Å². The van der Waals surface area contributed by atoms with Crippen LogP contribution in [0.1, 0.15) is 49.8 Å². The first-order chi connectivity index (χ1) is 15.0. The summed E-state index contributed by atoms with van der Waals surface area (Å²) in [5, 5.41) is 12.6. The van der Waals surface area contributed by atoms with Crippen molar-refractivity contribution in [1.82, 2.24) is 30.1 Å². The largest absolute Gasteiger partial charge is 0.361 e. The van der Waals surface area contributed by atoms with Crippen molar-refractivity contribution in [3.05, 3.63) is 22.5 Å². The summed E-state index contributed by atoms with van der Waals surface area (Å²) in [5.41, 5.74) is 2.42. The molecule has 2 saturated heterocycles. The lowest BCUT2D eigenvalue weighted by molar-refractivity contribution is -0.123. The average Bonchev–Trinajstić information content (AvgIpc) is 3.20. The van der Waals surface area contributed by atoms with Gasteiger partial charge in [-0.2, -0.15) is 5.10 Å². The number of hydrogen-bond donors (Lipinski definition) is 1. The Labute approximate surface area is 188 Å². The van der Waals surface area contributed by atoms with E-state index in [1.54, 1.807) is 4.68 Å². The molecule has 0 radical (unpaired) electrons. The van der Waals surface area contributed by atoms with Gasteiger partial charge in [0.05, 0.1) is 6.54 Å². The predicted molar refractivity (Wildman–Crippen MR) is 120 cm³/mol. The van der Waals surface area contributed by atoms with Crippen LogP contribution in [-0.2, 0) is 18.4 Å². The molecule has 2 fully saturated rings. The monoisotopic (exact) mass is 448 g/mol. The Bertz CT molecular complexity index is 889. The fourth-order valence-corrected chi connectivity index (χ4v) is 4.86. The zero-order valence-corrected chi connectivity index (χ0v) is 19.3. The number of carbonyl (C=O) groups excluding carboxylic acids is 1. The highest BCUT2D eigenvalue weighted by atomic mass is 35.5. The third kappa shape index (κ3) is 5.67. The van der Waals surface area contributed by atoms with Crippen molar-refractivity contribution < 1.29 is 9.32 Å². The second-order valence-electron chi connectivity index (χ2n) is 8.90. The first-order valence-electron chi connectivity index (χ1n) is 11.4. The van der Waals surface area contributed by atoms with Crippen molar-refractivity contribution >= 4 is 17.5 Å². The van der Waals surface area contributed by atoms with Gasteiger partial charge in [-0.25, -0.2) is 0 Å². The average molecular weight is 449 g/mol. The lowest BCUT2D eigenvalue weighted by Crippen LogP contribution is -2.47. The highest BCUT2D eigenvalue weighted by Gasteiger charge is 2.25. The molecule has 1 atom stereocenters. The van der Waals surface area contributed by atoms with Crippen molar-refractivity contribution in [3.8, 4) is 11.4 Å². The Morgan fingerprint density at radius 2 is 1.94 bits per heavy atom. The summed E-state index contributed by atoms with van der Waals surface area (Å²) in [5.74, 6) is 0.890. The van der Waals surface area contributed by atoms with E-state index in [9.17, 15) is 4.79 Å². The third-order valence-corrected chi connectivity index (χ3v) is 6.73. The molecule has 1 unspecified atom stereocenters. The van der Waals surface area contributed by atoms with Crippen LogP contribution in [0.5, 0.6) is 0 Å². The molecule has 1 amide bonds. The van der Waals surface area contributed by atoms with Crippen LogP contribution in [0.2, 0.25) is 5.15 Å². The number of rotatable bonds is 6. The van der Waals surface area contributed by atoms with E-state index in [0.717, 1.165) is 62.5 Å². The molecule has 2 aliphatic rings. The predicted octanol–water partition coefficient (Wildman–Crippen LogP) is 2.99. The maximum atomic E-state index is 12.6. The van der Waals surface area contributed by atoms with Crippen LogP contribution in [0.25, 0.3) is 11.4 Å². The number of aromatic nitrogens is 3. The molecule has 0 bridgehead atoms. The van der Waals surface area contributed by atoms with E-state index >= 15 is 0 Å². The molecule has 0 saturated carbocycles. The summed E-state index contributed by atoms with van der Waals surface area (Å²) in [6.45, 7) is 6.91. The van der Waals surface area contributed by atoms with E-state index in [4.69, 9.17) is 16.1 Å². The number of amides is 1. The second-order valence-corrected chi connectivity index (χ2v) is 9.25. The molecule has 4 heterocycles. The van der Waals surface area contributed by atoms with Gasteiger partial charge in [0.25, 0.3) is 0 Å². The third-order valence-electron chi connectivity index (χ3n) is 6.26. The number of aryl methyl sites for hydroxylation is 2. The van der Waals surface area contributed by atoms with Crippen LogP contribution in [-0.4, -0.2) is 69.4 Å². The molecule has 9 heteroatoms. The van der Waals surface area contributed by atoms with Gasteiger partial charge in [0.1, 0.15) is 22.3 Å².